The highest BCUT2D eigenvalue weighted by atomic mass is 35.5. The summed E-state index contributed by atoms with van der Waals surface area (Å²) in [4.78, 5) is 18.7. The molecule has 0 saturated carbocycles. The van der Waals surface area contributed by atoms with Gasteiger partial charge in [-0.1, -0.05) is 25.4 Å². The first-order valence-electron chi connectivity index (χ1n) is 5.93. The van der Waals surface area contributed by atoms with Crippen molar-refractivity contribution in [3.63, 3.8) is 0 Å². The Morgan fingerprint density at radius 3 is 2.61 bits per heavy atom. The maximum absolute atomic E-state index is 10.9. The molecule has 0 aromatic carbocycles. The zero-order chi connectivity index (χ0) is 13.6. The van der Waals surface area contributed by atoms with Crippen molar-refractivity contribution in [3.05, 3.63) is 17.0 Å². The van der Waals surface area contributed by atoms with Crippen LogP contribution < -0.4 is 5.32 Å². The van der Waals surface area contributed by atoms with Crippen LogP contribution in [0, 0.1) is 5.41 Å². The lowest BCUT2D eigenvalue weighted by atomic mass is 9.83. The second-order valence-corrected chi connectivity index (χ2v) is 4.62. The fourth-order valence-electron chi connectivity index (χ4n) is 1.67. The first kappa shape index (κ1) is 14.9. The summed E-state index contributed by atoms with van der Waals surface area (Å²) in [7, 11) is 0. The molecule has 0 saturated heterocycles. The van der Waals surface area contributed by atoms with Gasteiger partial charge in [0.1, 0.15) is 17.3 Å². The van der Waals surface area contributed by atoms with E-state index in [1.54, 1.807) is 0 Å². The first-order valence-corrected chi connectivity index (χ1v) is 6.30. The molecule has 0 bridgehead atoms. The summed E-state index contributed by atoms with van der Waals surface area (Å²) in [5.41, 5.74) is 0.0376. The maximum atomic E-state index is 10.9. The number of aliphatic hydroxyl groups excluding tert-OH is 1. The molecule has 0 fully saturated rings. The molecule has 18 heavy (non-hydrogen) atoms. The van der Waals surface area contributed by atoms with Gasteiger partial charge in [-0.15, -0.1) is 0 Å². The first-order chi connectivity index (χ1) is 8.62. The molecule has 0 atom stereocenters. The number of nitrogens with zero attached hydrogens (tertiary/aromatic N) is 2. The number of aldehydes is 1. The summed E-state index contributed by atoms with van der Waals surface area (Å²) in [5, 5.41) is 12.7. The quantitative estimate of drug-likeness (QED) is 0.587. The van der Waals surface area contributed by atoms with Crippen LogP contribution in [0.1, 0.15) is 37.0 Å². The molecule has 0 radical (unpaired) electrons. The van der Waals surface area contributed by atoms with Crippen LogP contribution in [0.5, 0.6) is 0 Å². The number of rotatable bonds is 7. The maximum Gasteiger partial charge on any atom is 0.156 e. The summed E-state index contributed by atoms with van der Waals surface area (Å²) >= 11 is 5.81. The number of hydrogen-bond donors (Lipinski definition) is 2. The molecule has 0 aliphatic carbocycles. The Morgan fingerprint density at radius 2 is 2.11 bits per heavy atom. The Balaban J connectivity index is 2.86. The van der Waals surface area contributed by atoms with Crippen molar-refractivity contribution in [1.29, 1.82) is 0 Å². The van der Waals surface area contributed by atoms with Crippen molar-refractivity contribution in [1.82, 2.24) is 9.97 Å². The van der Waals surface area contributed by atoms with Crippen LogP contribution in [-0.4, -0.2) is 34.5 Å². The molecule has 0 amide bonds. The molecule has 0 spiro atoms. The van der Waals surface area contributed by atoms with E-state index in [0.717, 1.165) is 12.8 Å². The van der Waals surface area contributed by atoms with Gasteiger partial charge < -0.3 is 10.4 Å². The molecule has 1 heterocycles. The number of aromatic nitrogens is 2. The average molecular weight is 272 g/mol. The minimum Gasteiger partial charge on any atom is -0.396 e. The van der Waals surface area contributed by atoms with E-state index >= 15 is 0 Å². The van der Waals surface area contributed by atoms with Crippen LogP contribution in [-0.2, 0) is 0 Å². The van der Waals surface area contributed by atoms with Crippen LogP contribution in [0.2, 0.25) is 5.15 Å². The molecule has 0 aliphatic heterocycles. The zero-order valence-corrected chi connectivity index (χ0v) is 11.4. The zero-order valence-electron chi connectivity index (χ0n) is 10.6. The second-order valence-electron chi connectivity index (χ2n) is 4.26. The summed E-state index contributed by atoms with van der Waals surface area (Å²) in [6.45, 7) is 4.66. The van der Waals surface area contributed by atoms with E-state index in [9.17, 15) is 9.90 Å². The van der Waals surface area contributed by atoms with Gasteiger partial charge in [-0.05, 0) is 12.8 Å². The lowest BCUT2D eigenvalue weighted by molar-refractivity contribution is 0.112. The van der Waals surface area contributed by atoms with Gasteiger partial charge in [-0.2, -0.15) is 0 Å². The van der Waals surface area contributed by atoms with E-state index in [-0.39, 0.29) is 22.7 Å². The molecule has 1 rings (SSSR count). The van der Waals surface area contributed by atoms with Crippen molar-refractivity contribution in [2.45, 2.75) is 26.7 Å². The van der Waals surface area contributed by atoms with Crippen molar-refractivity contribution in [3.8, 4) is 0 Å². The topological polar surface area (TPSA) is 75.1 Å². The van der Waals surface area contributed by atoms with Crippen LogP contribution in [0.25, 0.3) is 0 Å². The van der Waals surface area contributed by atoms with Gasteiger partial charge in [-0.3, -0.25) is 4.79 Å². The van der Waals surface area contributed by atoms with Gasteiger partial charge in [0.15, 0.2) is 6.29 Å². The fraction of sp³-hybridized carbons (Fsp3) is 0.583. The summed E-state index contributed by atoms with van der Waals surface area (Å²) in [6.07, 6.45) is 3.60. The van der Waals surface area contributed by atoms with Crippen molar-refractivity contribution in [2.24, 2.45) is 5.41 Å². The average Bonchev–Trinajstić information content (AvgIpc) is 2.41. The number of carbonyl (C=O) groups is 1. The Hall–Kier alpha value is -1.20. The lowest BCUT2D eigenvalue weighted by Crippen LogP contribution is -2.32. The van der Waals surface area contributed by atoms with E-state index < -0.39 is 0 Å². The minimum atomic E-state index is -0.211. The predicted molar refractivity (Wildman–Crippen MR) is 71.0 cm³/mol. The van der Waals surface area contributed by atoms with E-state index in [0.29, 0.717) is 18.6 Å². The van der Waals surface area contributed by atoms with Crippen molar-refractivity contribution >= 4 is 23.7 Å². The number of anilines is 1. The minimum absolute atomic E-state index is 0.0856. The molecule has 1 aromatic rings. The van der Waals surface area contributed by atoms with Gasteiger partial charge in [0.05, 0.1) is 12.2 Å². The number of halogens is 1. The number of carbonyl (C=O) groups excluding carboxylic acids is 1. The largest absolute Gasteiger partial charge is 0.396 e. The second kappa shape index (κ2) is 6.66. The lowest BCUT2D eigenvalue weighted by Gasteiger charge is -2.29. The Kier molecular flexibility index (Phi) is 5.50. The highest BCUT2D eigenvalue weighted by Crippen LogP contribution is 2.27. The van der Waals surface area contributed by atoms with Gasteiger partial charge in [0.25, 0.3) is 0 Å². The molecule has 1 aromatic heterocycles. The molecule has 5 nitrogen and oxygen atoms in total. The summed E-state index contributed by atoms with van der Waals surface area (Å²) in [6, 6.07) is 0. The van der Waals surface area contributed by atoms with Gasteiger partial charge in [0.2, 0.25) is 0 Å². The Bertz CT molecular complexity index is 400. The molecular formula is C12H18ClN3O2. The molecule has 6 heteroatoms. The highest BCUT2D eigenvalue weighted by molar-refractivity contribution is 6.32. The third-order valence-corrected chi connectivity index (χ3v) is 3.72. The SMILES string of the molecule is CCC(CC)(CO)CNc1ncnc(Cl)c1C=O. The van der Waals surface area contributed by atoms with E-state index in [1.165, 1.54) is 6.33 Å². The summed E-state index contributed by atoms with van der Waals surface area (Å²) in [5.74, 6) is 0.407. The van der Waals surface area contributed by atoms with Gasteiger partial charge in [-0.25, -0.2) is 9.97 Å². The number of aliphatic hydroxyl groups is 1. The predicted octanol–water partition coefficient (Wildman–Crippen LogP) is 2.15. The summed E-state index contributed by atoms with van der Waals surface area (Å²) < 4.78 is 0. The van der Waals surface area contributed by atoms with Crippen molar-refractivity contribution in [2.75, 3.05) is 18.5 Å². The molecular weight excluding hydrogens is 254 g/mol. The van der Waals surface area contributed by atoms with Crippen LogP contribution in [0.15, 0.2) is 6.33 Å². The molecule has 0 aliphatic rings. The van der Waals surface area contributed by atoms with Crippen molar-refractivity contribution < 1.29 is 9.90 Å². The number of hydrogen-bond acceptors (Lipinski definition) is 5. The standard InChI is InChI=1S/C12H18ClN3O2/c1-3-12(4-2,7-18)6-14-11-9(5-17)10(13)15-8-16-11/h5,8,18H,3-4,6-7H2,1-2H3,(H,14,15,16). The van der Waals surface area contributed by atoms with E-state index in [1.807, 2.05) is 13.8 Å². The van der Waals surface area contributed by atoms with Gasteiger partial charge >= 0.3 is 0 Å². The third kappa shape index (κ3) is 3.17. The van der Waals surface area contributed by atoms with Crippen LogP contribution in [0.4, 0.5) is 5.82 Å². The normalized spacial score (nSPS) is 11.3. The smallest absolute Gasteiger partial charge is 0.156 e. The van der Waals surface area contributed by atoms with Crippen LogP contribution in [0.3, 0.4) is 0 Å². The van der Waals surface area contributed by atoms with E-state index in [2.05, 4.69) is 15.3 Å². The molecule has 100 valence electrons. The Labute approximate surface area is 112 Å². The highest BCUT2D eigenvalue weighted by Gasteiger charge is 2.25. The Morgan fingerprint density at radius 1 is 1.44 bits per heavy atom. The third-order valence-electron chi connectivity index (χ3n) is 3.42. The fourth-order valence-corrected chi connectivity index (χ4v) is 1.85. The van der Waals surface area contributed by atoms with E-state index in [4.69, 9.17) is 11.6 Å². The van der Waals surface area contributed by atoms with Gasteiger partial charge in [0, 0.05) is 12.0 Å². The molecule has 0 unspecified atom stereocenters. The molecule has 2 N–H and O–H groups in total. The van der Waals surface area contributed by atoms with Crippen LogP contribution >= 0.6 is 11.6 Å². The monoisotopic (exact) mass is 271 g/mol. The number of nitrogens with one attached hydrogen (secondary N) is 1.